The minimum absolute atomic E-state index is 0.134. The van der Waals surface area contributed by atoms with E-state index in [-0.39, 0.29) is 16.7 Å². The predicted molar refractivity (Wildman–Crippen MR) is 88.5 cm³/mol. The van der Waals surface area contributed by atoms with E-state index in [1.165, 1.54) is 0 Å². The Morgan fingerprint density at radius 1 is 1.13 bits per heavy atom. The number of nitro benzene ring substituents is 1. The van der Waals surface area contributed by atoms with Gasteiger partial charge in [-0.1, -0.05) is 12.1 Å². The van der Waals surface area contributed by atoms with Crippen LogP contribution in [0.15, 0.2) is 48.5 Å². The zero-order valence-corrected chi connectivity index (χ0v) is 12.7. The topological polar surface area (TPSA) is 81.6 Å². The minimum Gasteiger partial charge on any atom is -0.488 e. The molecular weight excluding hydrogens is 294 g/mol. The third-order valence-corrected chi connectivity index (χ3v) is 3.97. The van der Waals surface area contributed by atoms with Crippen LogP contribution in [0.1, 0.15) is 5.56 Å². The Morgan fingerprint density at radius 3 is 2.39 bits per heavy atom. The van der Waals surface area contributed by atoms with Crippen molar-refractivity contribution in [1.29, 1.82) is 0 Å². The van der Waals surface area contributed by atoms with E-state index in [1.807, 2.05) is 36.4 Å². The number of hydrogen-bond donors (Lipinski definition) is 1. The highest BCUT2D eigenvalue weighted by Crippen LogP contribution is 2.20. The van der Waals surface area contributed by atoms with Gasteiger partial charge in [0.05, 0.1) is 4.92 Å². The summed E-state index contributed by atoms with van der Waals surface area (Å²) in [6.07, 6.45) is 1.10. The van der Waals surface area contributed by atoms with E-state index in [0.29, 0.717) is 0 Å². The van der Waals surface area contributed by atoms with Crippen LogP contribution < -0.4 is 10.5 Å². The fourth-order valence-electron chi connectivity index (χ4n) is 2.59. The molecule has 0 aliphatic carbocycles. The Labute approximate surface area is 134 Å². The molecular formula is C17H19N3O3. The number of likely N-dealkylation sites (tertiary alicyclic amines) is 1. The number of benzene rings is 2. The first-order valence-corrected chi connectivity index (χ1v) is 7.58. The molecule has 1 aliphatic heterocycles. The van der Waals surface area contributed by atoms with Gasteiger partial charge in [-0.25, -0.2) is 0 Å². The van der Waals surface area contributed by atoms with Crippen LogP contribution in [0.3, 0.4) is 0 Å². The third-order valence-electron chi connectivity index (χ3n) is 3.97. The summed E-state index contributed by atoms with van der Waals surface area (Å²) in [5.74, 6) is 0.846. The highest BCUT2D eigenvalue weighted by atomic mass is 16.6. The van der Waals surface area contributed by atoms with Gasteiger partial charge in [-0.05, 0) is 36.2 Å². The van der Waals surface area contributed by atoms with E-state index >= 15 is 0 Å². The Bertz CT molecular complexity index is 664. The number of rotatable bonds is 6. The summed E-state index contributed by atoms with van der Waals surface area (Å²) >= 11 is 0. The van der Waals surface area contributed by atoms with Crippen molar-refractivity contribution in [3.05, 3.63) is 64.2 Å². The molecule has 0 radical (unpaired) electrons. The lowest BCUT2D eigenvalue weighted by Crippen LogP contribution is -2.54. The second kappa shape index (κ2) is 6.66. The van der Waals surface area contributed by atoms with Crippen molar-refractivity contribution in [3.63, 3.8) is 0 Å². The van der Waals surface area contributed by atoms with Crippen molar-refractivity contribution in [2.45, 2.75) is 12.5 Å². The van der Waals surface area contributed by atoms with E-state index in [1.54, 1.807) is 12.1 Å². The van der Waals surface area contributed by atoms with Crippen molar-refractivity contribution in [2.24, 2.45) is 0 Å². The highest BCUT2D eigenvalue weighted by Gasteiger charge is 2.27. The second-order valence-electron chi connectivity index (χ2n) is 5.74. The molecule has 6 nitrogen and oxygen atoms in total. The van der Waals surface area contributed by atoms with E-state index in [9.17, 15) is 10.1 Å². The molecule has 2 aromatic carbocycles. The molecule has 0 atom stereocenters. The lowest BCUT2D eigenvalue weighted by Gasteiger charge is -2.39. The smallest absolute Gasteiger partial charge is 0.269 e. The van der Waals surface area contributed by atoms with Crippen molar-refractivity contribution in [2.75, 3.05) is 25.4 Å². The number of nitrogens with zero attached hydrogens (tertiary/aromatic N) is 2. The maximum Gasteiger partial charge on any atom is 0.269 e. The van der Waals surface area contributed by atoms with Crippen LogP contribution in [-0.2, 0) is 6.42 Å². The molecule has 2 N–H and O–H groups in total. The number of ether oxygens (including phenoxy) is 1. The molecule has 3 rings (SSSR count). The van der Waals surface area contributed by atoms with Crippen LogP contribution in [0.5, 0.6) is 5.75 Å². The van der Waals surface area contributed by atoms with Crippen LogP contribution in [0, 0.1) is 10.1 Å². The zero-order chi connectivity index (χ0) is 16.2. The number of anilines is 1. The number of nitrogen functional groups attached to an aromatic ring is 1. The number of hydrogen-bond acceptors (Lipinski definition) is 5. The summed E-state index contributed by atoms with van der Waals surface area (Å²) < 4.78 is 5.86. The average molecular weight is 313 g/mol. The maximum absolute atomic E-state index is 10.6. The normalized spacial score (nSPS) is 15.1. The molecule has 1 saturated heterocycles. The van der Waals surface area contributed by atoms with E-state index < -0.39 is 0 Å². The first-order valence-electron chi connectivity index (χ1n) is 7.58. The summed E-state index contributed by atoms with van der Waals surface area (Å²) in [6.45, 7) is 2.73. The van der Waals surface area contributed by atoms with E-state index in [2.05, 4.69) is 4.90 Å². The van der Waals surface area contributed by atoms with Crippen LogP contribution in [-0.4, -0.2) is 35.6 Å². The van der Waals surface area contributed by atoms with Gasteiger partial charge in [-0.3, -0.25) is 15.0 Å². The second-order valence-corrected chi connectivity index (χ2v) is 5.74. The summed E-state index contributed by atoms with van der Waals surface area (Å²) in [7, 11) is 0. The maximum atomic E-state index is 10.6. The SMILES string of the molecule is Nc1ccc(OC2CN(CCc3ccc([N+](=O)[O-])cc3)C2)cc1. The standard InChI is InChI=1S/C17H19N3O3/c18-14-3-7-16(8-4-14)23-17-11-19(12-17)10-9-13-1-5-15(6-2-13)20(21)22/h1-8,17H,9-12,18H2. The van der Waals surface area contributed by atoms with Crippen molar-refractivity contribution < 1.29 is 9.66 Å². The Kier molecular flexibility index (Phi) is 4.43. The number of nitro groups is 1. The van der Waals surface area contributed by atoms with Gasteiger partial charge in [0.25, 0.3) is 5.69 Å². The summed E-state index contributed by atoms with van der Waals surface area (Å²) in [5.41, 5.74) is 7.62. The predicted octanol–water partition coefficient (Wildman–Crippen LogP) is 2.48. The summed E-state index contributed by atoms with van der Waals surface area (Å²) in [4.78, 5) is 12.5. The monoisotopic (exact) mass is 313 g/mol. The Balaban J connectivity index is 1.40. The first kappa shape index (κ1) is 15.3. The lowest BCUT2D eigenvalue weighted by atomic mass is 10.1. The molecule has 1 fully saturated rings. The molecule has 0 saturated carbocycles. The van der Waals surface area contributed by atoms with Crippen LogP contribution in [0.25, 0.3) is 0 Å². The molecule has 0 aromatic heterocycles. The molecule has 0 unspecified atom stereocenters. The van der Waals surface area contributed by atoms with Crippen LogP contribution in [0.2, 0.25) is 0 Å². The molecule has 1 heterocycles. The van der Waals surface area contributed by atoms with Gasteiger partial charge in [-0.2, -0.15) is 0 Å². The van der Waals surface area contributed by atoms with E-state index in [0.717, 1.165) is 43.1 Å². The summed E-state index contributed by atoms with van der Waals surface area (Å²) in [5, 5.41) is 10.6. The third kappa shape index (κ3) is 3.98. The Hall–Kier alpha value is -2.60. The molecule has 0 amide bonds. The van der Waals surface area contributed by atoms with Gasteiger partial charge in [0.2, 0.25) is 0 Å². The van der Waals surface area contributed by atoms with Crippen molar-refractivity contribution in [1.82, 2.24) is 4.90 Å². The van der Waals surface area contributed by atoms with E-state index in [4.69, 9.17) is 10.5 Å². The first-order chi connectivity index (χ1) is 11.1. The average Bonchev–Trinajstić information content (AvgIpc) is 2.51. The van der Waals surface area contributed by atoms with Gasteiger partial charge < -0.3 is 10.5 Å². The fraction of sp³-hybridized carbons (Fsp3) is 0.294. The largest absolute Gasteiger partial charge is 0.488 e. The molecule has 0 bridgehead atoms. The van der Waals surface area contributed by atoms with Crippen LogP contribution in [0.4, 0.5) is 11.4 Å². The molecule has 23 heavy (non-hydrogen) atoms. The van der Waals surface area contributed by atoms with Crippen molar-refractivity contribution in [3.8, 4) is 5.75 Å². The molecule has 1 aliphatic rings. The molecule has 6 heteroatoms. The number of non-ortho nitro benzene ring substituents is 1. The molecule has 2 aromatic rings. The van der Waals surface area contributed by atoms with Gasteiger partial charge in [0, 0.05) is 37.5 Å². The highest BCUT2D eigenvalue weighted by molar-refractivity contribution is 5.41. The van der Waals surface area contributed by atoms with Gasteiger partial charge in [-0.15, -0.1) is 0 Å². The zero-order valence-electron chi connectivity index (χ0n) is 12.7. The van der Waals surface area contributed by atoms with Crippen molar-refractivity contribution >= 4 is 11.4 Å². The lowest BCUT2D eigenvalue weighted by molar-refractivity contribution is -0.384. The Morgan fingerprint density at radius 2 is 1.78 bits per heavy atom. The fourth-order valence-corrected chi connectivity index (χ4v) is 2.59. The minimum atomic E-state index is -0.377. The summed E-state index contributed by atoms with van der Waals surface area (Å²) in [6, 6.07) is 14.2. The van der Waals surface area contributed by atoms with Crippen LogP contribution >= 0.6 is 0 Å². The quantitative estimate of drug-likeness (QED) is 0.503. The van der Waals surface area contributed by atoms with Gasteiger partial charge >= 0.3 is 0 Å². The van der Waals surface area contributed by atoms with Gasteiger partial charge in [0.1, 0.15) is 11.9 Å². The molecule has 0 spiro atoms. The molecule has 120 valence electrons. The van der Waals surface area contributed by atoms with Gasteiger partial charge in [0.15, 0.2) is 0 Å². The number of nitrogens with two attached hydrogens (primary N) is 1.